The third kappa shape index (κ3) is 2.92. The van der Waals surface area contributed by atoms with Crippen LogP contribution in [0.5, 0.6) is 0 Å². The van der Waals surface area contributed by atoms with Crippen LogP contribution in [0, 0.1) is 10.7 Å². The summed E-state index contributed by atoms with van der Waals surface area (Å²) >= 11 is 5.27. The van der Waals surface area contributed by atoms with E-state index in [1.165, 1.54) is 19.5 Å². The average Bonchev–Trinajstić information content (AvgIpc) is 2.88. The lowest BCUT2D eigenvalue weighted by atomic mass is 10.1. The molecular formula is C12H23N5S. The van der Waals surface area contributed by atoms with Crippen LogP contribution in [-0.2, 0) is 6.54 Å². The molecule has 0 radical (unpaired) electrons. The molecule has 1 saturated heterocycles. The van der Waals surface area contributed by atoms with Gasteiger partial charge in [0.25, 0.3) is 0 Å². The Bertz CT molecular complexity index is 438. The predicted octanol–water partition coefficient (Wildman–Crippen LogP) is 1.74. The van der Waals surface area contributed by atoms with E-state index in [1.54, 1.807) is 0 Å². The zero-order valence-corrected chi connectivity index (χ0v) is 12.3. The molecular weight excluding hydrogens is 246 g/mol. The molecule has 1 unspecified atom stereocenters. The van der Waals surface area contributed by atoms with Crippen LogP contribution in [-0.4, -0.2) is 53.4 Å². The molecule has 0 amide bonds. The van der Waals surface area contributed by atoms with Crippen molar-refractivity contribution < 1.29 is 0 Å². The fourth-order valence-electron chi connectivity index (χ4n) is 2.67. The number of rotatable bonds is 5. The molecule has 1 aliphatic heterocycles. The van der Waals surface area contributed by atoms with Crippen LogP contribution < -0.4 is 4.90 Å². The maximum Gasteiger partial charge on any atom is 0.225 e. The van der Waals surface area contributed by atoms with Gasteiger partial charge >= 0.3 is 0 Å². The van der Waals surface area contributed by atoms with Crippen LogP contribution in [0.15, 0.2) is 0 Å². The number of H-pyrrole nitrogens is 1. The van der Waals surface area contributed by atoms with Gasteiger partial charge in [0.15, 0.2) is 4.77 Å². The van der Waals surface area contributed by atoms with E-state index in [0.29, 0.717) is 0 Å². The van der Waals surface area contributed by atoms with Crippen molar-refractivity contribution in [3.05, 3.63) is 4.77 Å². The smallest absolute Gasteiger partial charge is 0.225 e. The highest BCUT2D eigenvalue weighted by Crippen LogP contribution is 2.18. The van der Waals surface area contributed by atoms with Crippen molar-refractivity contribution in [2.75, 3.05) is 38.6 Å². The Kier molecular flexibility index (Phi) is 4.40. The van der Waals surface area contributed by atoms with Gasteiger partial charge in [0.05, 0.1) is 0 Å². The molecule has 1 atom stereocenters. The Morgan fingerprint density at radius 1 is 1.56 bits per heavy atom. The molecule has 0 aromatic carbocycles. The number of nitrogens with zero attached hydrogens (tertiary/aromatic N) is 4. The summed E-state index contributed by atoms with van der Waals surface area (Å²) in [6.45, 7) is 6.53. The first-order valence-electron chi connectivity index (χ1n) is 6.66. The molecule has 1 aliphatic rings. The van der Waals surface area contributed by atoms with Gasteiger partial charge in [0.1, 0.15) is 0 Å². The molecule has 0 spiro atoms. The fraction of sp³-hybridized carbons (Fsp3) is 0.833. The van der Waals surface area contributed by atoms with E-state index in [1.807, 2.05) is 0 Å². The Labute approximate surface area is 114 Å². The van der Waals surface area contributed by atoms with E-state index in [-0.39, 0.29) is 0 Å². The summed E-state index contributed by atoms with van der Waals surface area (Å²) in [5, 5.41) is 7.25. The first kappa shape index (κ1) is 13.5. The lowest BCUT2D eigenvalue weighted by Crippen LogP contribution is -2.29. The highest BCUT2D eigenvalue weighted by molar-refractivity contribution is 7.71. The summed E-state index contributed by atoms with van der Waals surface area (Å²) in [6, 6.07) is 0. The number of aromatic nitrogens is 3. The van der Waals surface area contributed by atoms with Crippen LogP contribution in [0.1, 0.15) is 19.8 Å². The average molecular weight is 269 g/mol. The molecule has 1 fully saturated rings. The normalized spacial score (nSPS) is 20.5. The number of hydrogen-bond acceptors (Lipinski definition) is 4. The van der Waals surface area contributed by atoms with Crippen molar-refractivity contribution >= 4 is 18.2 Å². The first-order valence-corrected chi connectivity index (χ1v) is 7.07. The van der Waals surface area contributed by atoms with Gasteiger partial charge in [-0.1, -0.05) is 6.92 Å². The molecule has 6 heteroatoms. The zero-order chi connectivity index (χ0) is 13.1. The van der Waals surface area contributed by atoms with Crippen molar-refractivity contribution in [1.82, 2.24) is 19.7 Å². The highest BCUT2D eigenvalue weighted by atomic mass is 32.1. The van der Waals surface area contributed by atoms with E-state index in [0.717, 1.165) is 36.1 Å². The van der Waals surface area contributed by atoms with Crippen LogP contribution in [0.3, 0.4) is 0 Å². The molecule has 1 aromatic rings. The largest absolute Gasteiger partial charge is 0.344 e. The van der Waals surface area contributed by atoms with E-state index in [9.17, 15) is 0 Å². The van der Waals surface area contributed by atoms with E-state index >= 15 is 0 Å². The SMILES string of the molecule is CCCn1c(N(C)CC2CCN(C)C2)n[nH]c1=S. The van der Waals surface area contributed by atoms with E-state index in [2.05, 4.69) is 45.6 Å². The number of nitrogens with one attached hydrogen (secondary N) is 1. The third-order valence-electron chi connectivity index (χ3n) is 3.55. The third-order valence-corrected chi connectivity index (χ3v) is 3.86. The molecule has 0 bridgehead atoms. The molecule has 5 nitrogen and oxygen atoms in total. The summed E-state index contributed by atoms with van der Waals surface area (Å²) in [5.74, 6) is 1.71. The number of likely N-dealkylation sites (tertiary alicyclic amines) is 1. The van der Waals surface area contributed by atoms with Crippen LogP contribution in [0.25, 0.3) is 0 Å². The van der Waals surface area contributed by atoms with Gasteiger partial charge in [0.2, 0.25) is 5.95 Å². The lowest BCUT2D eigenvalue weighted by Gasteiger charge is -2.22. The Morgan fingerprint density at radius 2 is 2.33 bits per heavy atom. The summed E-state index contributed by atoms with van der Waals surface area (Å²) in [4.78, 5) is 4.62. The Morgan fingerprint density at radius 3 is 2.94 bits per heavy atom. The van der Waals surface area contributed by atoms with Crippen molar-refractivity contribution in [2.45, 2.75) is 26.3 Å². The second-order valence-electron chi connectivity index (χ2n) is 5.28. The molecule has 18 heavy (non-hydrogen) atoms. The molecule has 1 aromatic heterocycles. The molecule has 2 heterocycles. The maximum absolute atomic E-state index is 5.27. The summed E-state index contributed by atoms with van der Waals surface area (Å²) in [5.41, 5.74) is 0. The summed E-state index contributed by atoms with van der Waals surface area (Å²) < 4.78 is 2.82. The first-order chi connectivity index (χ1) is 8.61. The molecule has 1 N–H and O–H groups in total. The number of hydrogen-bond donors (Lipinski definition) is 1. The minimum absolute atomic E-state index is 0.724. The van der Waals surface area contributed by atoms with Gasteiger partial charge in [-0.15, -0.1) is 5.10 Å². The van der Waals surface area contributed by atoms with Gasteiger partial charge in [-0.2, -0.15) is 0 Å². The van der Waals surface area contributed by atoms with Crippen molar-refractivity contribution in [1.29, 1.82) is 0 Å². The molecule has 0 aliphatic carbocycles. The van der Waals surface area contributed by atoms with Crippen molar-refractivity contribution in [2.24, 2.45) is 5.92 Å². The second kappa shape index (κ2) is 5.84. The van der Waals surface area contributed by atoms with Gasteiger partial charge in [-0.25, -0.2) is 5.10 Å². The Balaban J connectivity index is 2.04. The summed E-state index contributed by atoms with van der Waals surface area (Å²) in [7, 11) is 4.29. The topological polar surface area (TPSA) is 40.1 Å². The standard InChI is InChI=1S/C12H23N5S/c1-4-6-17-11(13-14-12(17)18)16(3)9-10-5-7-15(2)8-10/h10H,4-9H2,1-3H3,(H,14,18). The molecule has 0 saturated carbocycles. The predicted molar refractivity (Wildman–Crippen MR) is 76.6 cm³/mol. The van der Waals surface area contributed by atoms with Crippen LogP contribution in [0.2, 0.25) is 0 Å². The second-order valence-corrected chi connectivity index (χ2v) is 5.66. The van der Waals surface area contributed by atoms with Crippen molar-refractivity contribution in [3.8, 4) is 0 Å². The van der Waals surface area contributed by atoms with Crippen LogP contribution in [0.4, 0.5) is 5.95 Å². The quantitative estimate of drug-likeness (QED) is 0.827. The van der Waals surface area contributed by atoms with E-state index < -0.39 is 0 Å². The maximum atomic E-state index is 5.27. The van der Waals surface area contributed by atoms with Gasteiger partial charge in [-0.05, 0) is 44.6 Å². The van der Waals surface area contributed by atoms with Crippen molar-refractivity contribution in [3.63, 3.8) is 0 Å². The number of aromatic amines is 1. The lowest BCUT2D eigenvalue weighted by molar-refractivity contribution is 0.395. The van der Waals surface area contributed by atoms with Gasteiger partial charge in [-0.3, -0.25) is 4.57 Å². The van der Waals surface area contributed by atoms with Gasteiger partial charge in [0, 0.05) is 26.7 Å². The minimum atomic E-state index is 0.724. The fourth-order valence-corrected chi connectivity index (χ4v) is 2.89. The van der Waals surface area contributed by atoms with Crippen LogP contribution >= 0.6 is 12.2 Å². The minimum Gasteiger partial charge on any atom is -0.344 e. The van der Waals surface area contributed by atoms with Gasteiger partial charge < -0.3 is 9.80 Å². The number of anilines is 1. The molecule has 2 rings (SSSR count). The zero-order valence-electron chi connectivity index (χ0n) is 11.5. The monoisotopic (exact) mass is 269 g/mol. The summed E-state index contributed by atoms with van der Waals surface area (Å²) in [6.07, 6.45) is 2.35. The van der Waals surface area contributed by atoms with E-state index in [4.69, 9.17) is 12.2 Å². The molecule has 102 valence electrons. The Hall–Kier alpha value is -0.880. The highest BCUT2D eigenvalue weighted by Gasteiger charge is 2.22.